The van der Waals surface area contributed by atoms with E-state index < -0.39 is 11.6 Å². The number of benzene rings is 1. The van der Waals surface area contributed by atoms with Crippen molar-refractivity contribution in [2.75, 3.05) is 43.4 Å². The van der Waals surface area contributed by atoms with Gasteiger partial charge in [0.2, 0.25) is 5.91 Å². The molecule has 1 aromatic heterocycles. The minimum atomic E-state index is -0.505. The van der Waals surface area contributed by atoms with Crippen molar-refractivity contribution in [3.63, 3.8) is 0 Å². The van der Waals surface area contributed by atoms with E-state index in [4.69, 9.17) is 0 Å². The summed E-state index contributed by atoms with van der Waals surface area (Å²) in [7, 11) is 0. The van der Waals surface area contributed by atoms with E-state index in [9.17, 15) is 14.4 Å². The average molecular weight is 412 g/mol. The van der Waals surface area contributed by atoms with Crippen molar-refractivity contribution in [1.82, 2.24) is 14.4 Å². The highest BCUT2D eigenvalue weighted by Gasteiger charge is 2.21. The number of nitrogens with one attached hydrogen (secondary N) is 2. The summed E-state index contributed by atoms with van der Waals surface area (Å²) < 4.78 is 1.41. The predicted octanol–water partition coefficient (Wildman–Crippen LogP) is 2.27. The number of aryl methyl sites for hydroxylation is 2. The van der Waals surface area contributed by atoms with Crippen molar-refractivity contribution in [3.8, 4) is 0 Å². The molecule has 0 aliphatic carbocycles. The lowest BCUT2D eigenvalue weighted by atomic mass is 10.2. The third-order valence-corrected chi connectivity index (χ3v) is 5.38. The van der Waals surface area contributed by atoms with Gasteiger partial charge in [0, 0.05) is 37.6 Å². The fourth-order valence-corrected chi connectivity index (χ4v) is 3.52. The second kappa shape index (κ2) is 9.58. The van der Waals surface area contributed by atoms with Crippen LogP contribution in [0, 0.1) is 13.8 Å². The zero-order chi connectivity index (χ0) is 21.7. The number of nitrogens with zero attached hydrogens (tertiary/aromatic N) is 3. The highest BCUT2D eigenvalue weighted by molar-refractivity contribution is 5.99. The van der Waals surface area contributed by atoms with Gasteiger partial charge in [0.05, 0.1) is 0 Å². The highest BCUT2D eigenvalue weighted by Crippen LogP contribution is 2.11. The Bertz CT molecular complexity index is 977. The van der Waals surface area contributed by atoms with Crippen molar-refractivity contribution in [3.05, 3.63) is 58.0 Å². The van der Waals surface area contributed by atoms with Crippen LogP contribution >= 0.6 is 0 Å². The van der Waals surface area contributed by atoms with Gasteiger partial charge in [-0.05, 0) is 50.2 Å². The van der Waals surface area contributed by atoms with Gasteiger partial charge in [0.15, 0.2) is 0 Å². The number of carbonyl (C=O) groups excluding carboxylic acids is 2. The Morgan fingerprint density at radius 2 is 1.73 bits per heavy atom. The summed E-state index contributed by atoms with van der Waals surface area (Å²) in [4.78, 5) is 42.0. The summed E-state index contributed by atoms with van der Waals surface area (Å²) >= 11 is 0. The number of carbonyl (C=O) groups is 2. The molecule has 0 spiro atoms. The van der Waals surface area contributed by atoms with Crippen LogP contribution in [-0.2, 0) is 11.3 Å². The fourth-order valence-electron chi connectivity index (χ4n) is 3.52. The second-order valence-corrected chi connectivity index (χ2v) is 7.54. The average Bonchev–Trinajstić information content (AvgIpc) is 2.73. The monoisotopic (exact) mass is 411 g/mol. The minimum Gasteiger partial charge on any atom is -0.339 e. The summed E-state index contributed by atoms with van der Waals surface area (Å²) in [5.74, 6) is -0.0858. The molecule has 1 aliphatic heterocycles. The van der Waals surface area contributed by atoms with Gasteiger partial charge < -0.3 is 25.0 Å². The quantitative estimate of drug-likeness (QED) is 0.790. The molecular formula is C22H29N5O3. The standard InChI is InChI=1S/C22H29N5O3/c1-4-25-10-12-26(13-11-25)20(28)15-27-17(3)8-9-19(21(27)29)24-22(30)23-18-7-5-6-16(2)14-18/h5-9,14H,4,10-13,15H2,1-3H3,(H2,23,24,30). The summed E-state index contributed by atoms with van der Waals surface area (Å²) in [6.45, 7) is 9.77. The maximum Gasteiger partial charge on any atom is 0.323 e. The van der Waals surface area contributed by atoms with E-state index in [-0.39, 0.29) is 18.1 Å². The molecule has 0 unspecified atom stereocenters. The Hall–Kier alpha value is -3.13. The predicted molar refractivity (Wildman–Crippen MR) is 118 cm³/mol. The molecule has 1 aromatic carbocycles. The van der Waals surface area contributed by atoms with E-state index in [0.29, 0.717) is 24.5 Å². The molecule has 2 N–H and O–H groups in total. The molecule has 2 heterocycles. The van der Waals surface area contributed by atoms with Crippen LogP contribution in [0.3, 0.4) is 0 Å². The van der Waals surface area contributed by atoms with Crippen molar-refractivity contribution >= 4 is 23.3 Å². The molecule has 1 aliphatic rings. The van der Waals surface area contributed by atoms with Crippen molar-refractivity contribution in [2.24, 2.45) is 0 Å². The lowest BCUT2D eigenvalue weighted by molar-refractivity contribution is -0.133. The van der Waals surface area contributed by atoms with Gasteiger partial charge in [-0.1, -0.05) is 19.1 Å². The first kappa shape index (κ1) is 21.6. The molecule has 160 valence electrons. The third-order valence-electron chi connectivity index (χ3n) is 5.38. The zero-order valence-electron chi connectivity index (χ0n) is 17.8. The van der Waals surface area contributed by atoms with Crippen LogP contribution < -0.4 is 16.2 Å². The molecule has 3 amide bonds. The number of hydrogen-bond acceptors (Lipinski definition) is 4. The zero-order valence-corrected chi connectivity index (χ0v) is 17.8. The van der Waals surface area contributed by atoms with Crippen molar-refractivity contribution in [1.29, 1.82) is 0 Å². The molecule has 0 bridgehead atoms. The number of rotatable bonds is 5. The van der Waals surface area contributed by atoms with Gasteiger partial charge >= 0.3 is 6.03 Å². The Labute approximate surface area is 176 Å². The van der Waals surface area contributed by atoms with Crippen LogP contribution in [-0.4, -0.2) is 59.0 Å². The number of hydrogen-bond donors (Lipinski definition) is 2. The van der Waals surface area contributed by atoms with Gasteiger partial charge in [-0.25, -0.2) is 4.79 Å². The molecule has 3 rings (SSSR count). The smallest absolute Gasteiger partial charge is 0.323 e. The number of pyridine rings is 1. The Morgan fingerprint density at radius 3 is 2.40 bits per heavy atom. The second-order valence-electron chi connectivity index (χ2n) is 7.54. The third kappa shape index (κ3) is 5.27. The number of amides is 3. The molecule has 8 nitrogen and oxygen atoms in total. The SMILES string of the molecule is CCN1CCN(C(=O)Cn2c(C)ccc(NC(=O)Nc3cccc(C)c3)c2=O)CC1. The van der Waals surface area contributed by atoms with Crippen LogP contribution in [0.4, 0.5) is 16.2 Å². The first-order valence-corrected chi connectivity index (χ1v) is 10.2. The summed E-state index contributed by atoms with van der Waals surface area (Å²) in [5.41, 5.74) is 2.07. The van der Waals surface area contributed by atoms with E-state index in [0.717, 1.165) is 25.2 Å². The summed E-state index contributed by atoms with van der Waals surface area (Å²) in [6, 6.07) is 10.2. The lowest BCUT2D eigenvalue weighted by Crippen LogP contribution is -2.50. The van der Waals surface area contributed by atoms with Crippen molar-refractivity contribution in [2.45, 2.75) is 27.3 Å². The number of aromatic nitrogens is 1. The van der Waals surface area contributed by atoms with Crippen molar-refractivity contribution < 1.29 is 9.59 Å². The molecule has 2 aromatic rings. The molecule has 0 radical (unpaired) electrons. The molecule has 0 atom stereocenters. The van der Waals surface area contributed by atoms with Gasteiger partial charge in [-0.2, -0.15) is 0 Å². The molecule has 1 saturated heterocycles. The molecule has 30 heavy (non-hydrogen) atoms. The van der Waals surface area contributed by atoms with E-state index in [2.05, 4.69) is 22.5 Å². The maximum absolute atomic E-state index is 12.9. The van der Waals surface area contributed by atoms with E-state index >= 15 is 0 Å². The summed E-state index contributed by atoms with van der Waals surface area (Å²) in [5, 5.41) is 5.31. The fraction of sp³-hybridized carbons (Fsp3) is 0.409. The van der Waals surface area contributed by atoms with Crippen LogP contribution in [0.2, 0.25) is 0 Å². The maximum atomic E-state index is 12.9. The number of likely N-dealkylation sites (N-methyl/N-ethyl adjacent to an activating group) is 1. The molecule has 1 fully saturated rings. The Morgan fingerprint density at radius 1 is 1.00 bits per heavy atom. The Kier molecular flexibility index (Phi) is 6.89. The molecule has 0 saturated carbocycles. The van der Waals surface area contributed by atoms with E-state index in [1.165, 1.54) is 4.57 Å². The van der Waals surface area contributed by atoms with Gasteiger partial charge in [0.1, 0.15) is 12.2 Å². The first-order valence-electron chi connectivity index (χ1n) is 10.2. The normalized spacial score (nSPS) is 14.4. The number of urea groups is 1. The van der Waals surface area contributed by atoms with Crippen LogP contribution in [0.5, 0.6) is 0 Å². The minimum absolute atomic E-state index is 0.0359. The van der Waals surface area contributed by atoms with Gasteiger partial charge in [0.25, 0.3) is 5.56 Å². The number of anilines is 2. The van der Waals surface area contributed by atoms with Crippen LogP contribution in [0.15, 0.2) is 41.2 Å². The van der Waals surface area contributed by atoms with E-state index in [1.54, 1.807) is 30.0 Å². The van der Waals surface area contributed by atoms with E-state index in [1.807, 2.05) is 25.1 Å². The van der Waals surface area contributed by atoms with Gasteiger partial charge in [-0.3, -0.25) is 9.59 Å². The van der Waals surface area contributed by atoms with Gasteiger partial charge in [-0.15, -0.1) is 0 Å². The molecule has 8 heteroatoms. The summed E-state index contributed by atoms with van der Waals surface area (Å²) in [6.07, 6.45) is 0. The molecular weight excluding hydrogens is 382 g/mol. The van der Waals surface area contributed by atoms with Crippen LogP contribution in [0.1, 0.15) is 18.2 Å². The van der Waals surface area contributed by atoms with Crippen LogP contribution in [0.25, 0.3) is 0 Å². The topological polar surface area (TPSA) is 86.7 Å². The largest absolute Gasteiger partial charge is 0.339 e. The number of piperazine rings is 1. The first-order chi connectivity index (χ1) is 14.4. The lowest BCUT2D eigenvalue weighted by Gasteiger charge is -2.34. The highest BCUT2D eigenvalue weighted by atomic mass is 16.2. The Balaban J connectivity index is 1.68.